The zero-order chi connectivity index (χ0) is 16.4. The van der Waals surface area contributed by atoms with Crippen LogP contribution in [0.3, 0.4) is 0 Å². The zero-order valence-corrected chi connectivity index (χ0v) is 13.7. The minimum atomic E-state index is -0.153. The lowest BCUT2D eigenvalue weighted by molar-refractivity contribution is -0.134. The smallest absolute Gasteiger partial charge is 0.241 e. The van der Waals surface area contributed by atoms with Crippen molar-refractivity contribution in [1.29, 1.82) is 0 Å². The van der Waals surface area contributed by atoms with E-state index in [4.69, 9.17) is 0 Å². The van der Waals surface area contributed by atoms with Crippen LogP contribution in [-0.4, -0.2) is 22.9 Å². The highest BCUT2D eigenvalue weighted by Crippen LogP contribution is 2.31. The molecule has 2 atom stereocenters. The molecule has 0 bridgehead atoms. The number of benzene rings is 2. The van der Waals surface area contributed by atoms with Crippen molar-refractivity contribution in [2.24, 2.45) is 0 Å². The Balaban J connectivity index is 1.44. The molecule has 4 heteroatoms. The molecule has 1 heterocycles. The highest BCUT2D eigenvalue weighted by atomic mass is 16.2. The van der Waals surface area contributed by atoms with E-state index in [1.165, 1.54) is 11.1 Å². The number of hydrazine groups is 1. The van der Waals surface area contributed by atoms with Crippen LogP contribution in [0.15, 0.2) is 60.7 Å². The molecule has 2 aromatic rings. The van der Waals surface area contributed by atoms with Gasteiger partial charge in [0, 0.05) is 18.6 Å². The molecule has 4 nitrogen and oxygen atoms in total. The van der Waals surface area contributed by atoms with Crippen LogP contribution in [-0.2, 0) is 11.3 Å². The van der Waals surface area contributed by atoms with Gasteiger partial charge in [-0.1, -0.05) is 60.7 Å². The Morgan fingerprint density at radius 2 is 1.62 bits per heavy atom. The van der Waals surface area contributed by atoms with Crippen LogP contribution >= 0.6 is 0 Å². The third kappa shape index (κ3) is 3.35. The summed E-state index contributed by atoms with van der Waals surface area (Å²) in [7, 11) is 0. The van der Waals surface area contributed by atoms with E-state index in [1.807, 2.05) is 36.4 Å². The summed E-state index contributed by atoms with van der Waals surface area (Å²) < 4.78 is 0. The van der Waals surface area contributed by atoms with E-state index in [0.717, 1.165) is 19.3 Å². The molecule has 2 N–H and O–H groups in total. The predicted molar refractivity (Wildman–Crippen MR) is 93.9 cm³/mol. The maximum atomic E-state index is 13.0. The van der Waals surface area contributed by atoms with Gasteiger partial charge in [0.2, 0.25) is 5.91 Å². The fourth-order valence-corrected chi connectivity index (χ4v) is 3.38. The van der Waals surface area contributed by atoms with Gasteiger partial charge in [0.15, 0.2) is 0 Å². The third-order valence-corrected chi connectivity index (χ3v) is 4.87. The van der Waals surface area contributed by atoms with Crippen molar-refractivity contribution in [3.8, 4) is 0 Å². The Bertz CT molecular complexity index is 685. The van der Waals surface area contributed by atoms with E-state index in [-0.39, 0.29) is 18.0 Å². The molecular formula is C20H23N3O. The number of hydrogen-bond donors (Lipinski definition) is 2. The molecule has 2 aromatic carbocycles. The van der Waals surface area contributed by atoms with Crippen molar-refractivity contribution in [1.82, 2.24) is 15.8 Å². The van der Waals surface area contributed by atoms with E-state index in [1.54, 1.807) is 0 Å². The number of hydrogen-bond acceptors (Lipinski definition) is 3. The first-order valence-electron chi connectivity index (χ1n) is 8.71. The Morgan fingerprint density at radius 1 is 0.958 bits per heavy atom. The first kappa shape index (κ1) is 15.4. The third-order valence-electron chi connectivity index (χ3n) is 4.87. The number of amides is 1. The molecule has 2 fully saturated rings. The van der Waals surface area contributed by atoms with Crippen LogP contribution in [0, 0.1) is 0 Å². The first-order chi connectivity index (χ1) is 11.8. The standard InChI is InChI=1S/C20H23N3O/c24-20(19-13-18(21-22-19)16-9-5-2-6-10-16)23(17-11-12-17)14-15-7-3-1-4-8-15/h1-10,17-19,21-22H,11-14H2. The number of rotatable bonds is 5. The van der Waals surface area contributed by atoms with Crippen LogP contribution in [0.1, 0.15) is 36.4 Å². The molecule has 124 valence electrons. The summed E-state index contributed by atoms with van der Waals surface area (Å²) in [5.74, 6) is 0.215. The second kappa shape index (κ2) is 6.75. The molecule has 0 radical (unpaired) electrons. The monoisotopic (exact) mass is 321 g/mol. The fraction of sp³-hybridized carbons (Fsp3) is 0.350. The minimum absolute atomic E-state index is 0.153. The Hall–Kier alpha value is -2.17. The molecule has 1 saturated carbocycles. The molecular weight excluding hydrogens is 298 g/mol. The zero-order valence-electron chi connectivity index (χ0n) is 13.7. The molecule has 2 aliphatic rings. The van der Waals surface area contributed by atoms with Gasteiger partial charge in [0.25, 0.3) is 0 Å². The van der Waals surface area contributed by atoms with Gasteiger partial charge < -0.3 is 4.90 Å². The topological polar surface area (TPSA) is 44.4 Å². The fourth-order valence-electron chi connectivity index (χ4n) is 3.38. The number of carbonyl (C=O) groups excluding carboxylic acids is 1. The summed E-state index contributed by atoms with van der Waals surface area (Å²) in [5, 5.41) is 0. The van der Waals surface area contributed by atoms with Crippen LogP contribution in [0.25, 0.3) is 0 Å². The van der Waals surface area contributed by atoms with Crippen molar-refractivity contribution in [3.63, 3.8) is 0 Å². The maximum absolute atomic E-state index is 13.0. The van der Waals surface area contributed by atoms with Crippen LogP contribution in [0.2, 0.25) is 0 Å². The lowest BCUT2D eigenvalue weighted by Crippen LogP contribution is -2.46. The normalized spacial score (nSPS) is 23.2. The molecule has 0 aromatic heterocycles. The van der Waals surface area contributed by atoms with Gasteiger partial charge in [-0.05, 0) is 30.4 Å². The van der Waals surface area contributed by atoms with E-state index < -0.39 is 0 Å². The van der Waals surface area contributed by atoms with Gasteiger partial charge in [-0.15, -0.1) is 0 Å². The molecule has 1 aliphatic heterocycles. The summed E-state index contributed by atoms with van der Waals surface area (Å²) in [4.78, 5) is 15.1. The van der Waals surface area contributed by atoms with Crippen LogP contribution in [0.5, 0.6) is 0 Å². The number of nitrogens with zero attached hydrogens (tertiary/aromatic N) is 1. The van der Waals surface area contributed by atoms with Gasteiger partial charge in [-0.3, -0.25) is 4.79 Å². The quantitative estimate of drug-likeness (QED) is 0.890. The van der Waals surface area contributed by atoms with Gasteiger partial charge in [0.05, 0.1) is 0 Å². The molecule has 4 rings (SSSR count). The number of nitrogens with one attached hydrogen (secondary N) is 2. The minimum Gasteiger partial charge on any atom is -0.334 e. The molecule has 0 spiro atoms. The lowest BCUT2D eigenvalue weighted by atomic mass is 10.0. The van der Waals surface area contributed by atoms with Crippen molar-refractivity contribution >= 4 is 5.91 Å². The largest absolute Gasteiger partial charge is 0.334 e. The van der Waals surface area contributed by atoms with Crippen molar-refractivity contribution < 1.29 is 4.79 Å². The van der Waals surface area contributed by atoms with Gasteiger partial charge in [-0.25, -0.2) is 10.9 Å². The highest BCUT2D eigenvalue weighted by Gasteiger charge is 2.38. The van der Waals surface area contributed by atoms with Crippen molar-refractivity contribution in [2.75, 3.05) is 0 Å². The Kier molecular flexibility index (Phi) is 4.32. The Morgan fingerprint density at radius 3 is 2.29 bits per heavy atom. The summed E-state index contributed by atoms with van der Waals surface area (Å²) in [6.07, 6.45) is 3.04. The van der Waals surface area contributed by atoms with Crippen molar-refractivity contribution in [3.05, 3.63) is 71.8 Å². The second-order valence-electron chi connectivity index (χ2n) is 6.72. The van der Waals surface area contributed by atoms with E-state index >= 15 is 0 Å². The summed E-state index contributed by atoms with van der Waals surface area (Å²) in [5.41, 5.74) is 8.92. The van der Waals surface area contributed by atoms with Crippen LogP contribution < -0.4 is 10.9 Å². The van der Waals surface area contributed by atoms with Gasteiger partial charge >= 0.3 is 0 Å². The average Bonchev–Trinajstić information content (AvgIpc) is 3.36. The van der Waals surface area contributed by atoms with Gasteiger partial charge in [0.1, 0.15) is 6.04 Å². The lowest BCUT2D eigenvalue weighted by Gasteiger charge is -2.25. The van der Waals surface area contributed by atoms with E-state index in [2.05, 4.69) is 40.0 Å². The summed E-state index contributed by atoms with van der Waals surface area (Å²) in [6.45, 7) is 0.707. The number of carbonyl (C=O) groups is 1. The molecule has 2 unspecified atom stereocenters. The average molecular weight is 321 g/mol. The summed E-state index contributed by atoms with van der Waals surface area (Å²) >= 11 is 0. The molecule has 1 amide bonds. The molecule has 1 saturated heterocycles. The Labute approximate surface area is 142 Å². The van der Waals surface area contributed by atoms with Gasteiger partial charge in [-0.2, -0.15) is 0 Å². The highest BCUT2D eigenvalue weighted by molar-refractivity contribution is 5.83. The molecule has 24 heavy (non-hydrogen) atoms. The molecule has 1 aliphatic carbocycles. The SMILES string of the molecule is O=C(C1CC(c2ccccc2)NN1)N(Cc1ccccc1)C1CC1. The predicted octanol–water partition coefficient (Wildman–Crippen LogP) is 2.79. The first-order valence-corrected chi connectivity index (χ1v) is 8.71. The summed E-state index contributed by atoms with van der Waals surface area (Å²) in [6, 6.07) is 21.0. The van der Waals surface area contributed by atoms with Crippen molar-refractivity contribution in [2.45, 2.75) is 43.9 Å². The van der Waals surface area contributed by atoms with E-state index in [0.29, 0.717) is 12.6 Å². The van der Waals surface area contributed by atoms with E-state index in [9.17, 15) is 4.79 Å². The van der Waals surface area contributed by atoms with Crippen LogP contribution in [0.4, 0.5) is 0 Å². The second-order valence-corrected chi connectivity index (χ2v) is 6.72. The maximum Gasteiger partial charge on any atom is 0.241 e.